The van der Waals surface area contributed by atoms with E-state index in [-0.39, 0.29) is 18.0 Å². The lowest BCUT2D eigenvalue weighted by Gasteiger charge is -2.25. The molecule has 0 aliphatic carbocycles. The highest BCUT2D eigenvalue weighted by atomic mass is 32.1. The fourth-order valence-electron chi connectivity index (χ4n) is 4.59. The third-order valence-corrected chi connectivity index (χ3v) is 6.46. The Balaban J connectivity index is 1.40. The lowest BCUT2D eigenvalue weighted by molar-refractivity contribution is -0.200. The molecular formula is C23H27N5O8S. The van der Waals surface area contributed by atoms with Crippen LogP contribution in [0.4, 0.5) is 5.82 Å². The van der Waals surface area contributed by atoms with Gasteiger partial charge < -0.3 is 38.9 Å². The molecule has 2 fully saturated rings. The molecule has 0 saturated carbocycles. The number of benzene rings is 1. The lowest BCUT2D eigenvalue weighted by Crippen LogP contribution is -2.33. The van der Waals surface area contributed by atoms with Crippen molar-refractivity contribution in [1.29, 1.82) is 0 Å². The van der Waals surface area contributed by atoms with Gasteiger partial charge in [-0.05, 0) is 26.0 Å². The van der Waals surface area contributed by atoms with E-state index >= 15 is 0 Å². The number of hydrogen-bond acceptors (Lipinski definition) is 13. The van der Waals surface area contributed by atoms with Crippen molar-refractivity contribution in [2.45, 2.75) is 49.3 Å². The molecule has 5 rings (SSSR count). The maximum atomic E-state index is 13.0. The van der Waals surface area contributed by atoms with E-state index in [9.17, 15) is 4.79 Å². The number of aromatic nitrogens is 4. The highest BCUT2D eigenvalue weighted by Gasteiger charge is 2.56. The van der Waals surface area contributed by atoms with Gasteiger partial charge in [0.25, 0.3) is 0 Å². The maximum absolute atomic E-state index is 13.0. The van der Waals surface area contributed by atoms with E-state index in [4.69, 9.17) is 38.9 Å². The van der Waals surface area contributed by atoms with Crippen LogP contribution in [-0.4, -0.2) is 77.5 Å². The molecule has 2 aliphatic rings. The predicted octanol–water partition coefficient (Wildman–Crippen LogP) is 2.00. The minimum atomic E-state index is -0.891. The van der Waals surface area contributed by atoms with Gasteiger partial charge in [-0.3, -0.25) is 4.57 Å². The third-order valence-electron chi connectivity index (χ3n) is 6.15. The molecule has 13 nitrogen and oxygen atoms in total. The molecule has 2 aliphatic heterocycles. The van der Waals surface area contributed by atoms with Crippen molar-refractivity contribution >= 4 is 35.6 Å². The second-order valence-electron chi connectivity index (χ2n) is 8.86. The van der Waals surface area contributed by atoms with Gasteiger partial charge in [-0.2, -0.15) is 0 Å². The van der Waals surface area contributed by atoms with E-state index < -0.39 is 36.3 Å². The van der Waals surface area contributed by atoms with Gasteiger partial charge in [0.1, 0.15) is 31.2 Å². The summed E-state index contributed by atoms with van der Waals surface area (Å²) in [4.78, 5) is 25.6. The maximum Gasteiger partial charge on any atom is 0.338 e. The van der Waals surface area contributed by atoms with Crippen molar-refractivity contribution in [3.05, 3.63) is 24.0 Å². The van der Waals surface area contributed by atoms with Gasteiger partial charge in [-0.25, -0.2) is 19.7 Å². The Hall–Kier alpha value is -3.33. The first-order chi connectivity index (χ1) is 17.7. The van der Waals surface area contributed by atoms with E-state index in [1.165, 1.54) is 39.8 Å². The predicted molar refractivity (Wildman–Crippen MR) is 131 cm³/mol. The molecule has 1 aromatic carbocycles. The topological polar surface area (TPSA) is 151 Å². The second kappa shape index (κ2) is 9.52. The van der Waals surface area contributed by atoms with Crippen LogP contribution in [0.25, 0.3) is 11.2 Å². The second-order valence-corrected chi connectivity index (χ2v) is 9.26. The summed E-state index contributed by atoms with van der Waals surface area (Å²) < 4.78 is 41.8. The summed E-state index contributed by atoms with van der Waals surface area (Å²) in [6, 6.07) is 3.02. The van der Waals surface area contributed by atoms with Crippen LogP contribution in [0.15, 0.2) is 23.6 Å². The number of rotatable bonds is 7. The van der Waals surface area contributed by atoms with Crippen molar-refractivity contribution in [2.24, 2.45) is 0 Å². The Kier molecular flexibility index (Phi) is 6.52. The molecular weight excluding hydrogens is 506 g/mol. The molecule has 2 N–H and O–H groups in total. The Labute approximate surface area is 217 Å². The molecule has 0 unspecified atom stereocenters. The zero-order valence-electron chi connectivity index (χ0n) is 20.8. The van der Waals surface area contributed by atoms with E-state index in [0.717, 1.165) is 0 Å². The fraction of sp³-hybridized carbons (Fsp3) is 0.478. The van der Waals surface area contributed by atoms with Gasteiger partial charge in [0.2, 0.25) is 5.75 Å². The highest BCUT2D eigenvalue weighted by molar-refractivity contribution is 7.80. The van der Waals surface area contributed by atoms with Crippen LogP contribution in [0, 0.1) is 0 Å². The number of imidazole rings is 1. The molecule has 198 valence electrons. The van der Waals surface area contributed by atoms with Crippen molar-refractivity contribution in [3.63, 3.8) is 0 Å². The standard InChI is InChI=1S/C23H27N5O8S/c1-23(2)35-16-13(8-33-21(29)10-6-11(30-3)15(32-5)12(7-10)31-4)34-20(17(16)36-23)28-19-14(27-22(28)37)18(24)25-9-26-19/h6-7,9,13,16-17,20H,8H2,1-5H3,(H,27,37)(H2,24,25,26)/t13-,16-,17-,20-/m1/s1. The minimum absolute atomic E-state index is 0.113. The highest BCUT2D eigenvalue weighted by Crippen LogP contribution is 2.45. The number of carbonyl (C=O) groups is 1. The third kappa shape index (κ3) is 4.39. The van der Waals surface area contributed by atoms with E-state index in [0.29, 0.717) is 33.6 Å². The van der Waals surface area contributed by atoms with Gasteiger partial charge in [-0.1, -0.05) is 0 Å². The molecule has 0 bridgehead atoms. The summed E-state index contributed by atoms with van der Waals surface area (Å²) in [7, 11) is 4.41. The van der Waals surface area contributed by atoms with Gasteiger partial charge in [0.05, 0.1) is 26.9 Å². The molecule has 0 spiro atoms. The summed E-state index contributed by atoms with van der Waals surface area (Å²) >= 11 is 4.50. The van der Waals surface area contributed by atoms with Crippen molar-refractivity contribution in [1.82, 2.24) is 19.5 Å². The van der Waals surface area contributed by atoms with Crippen molar-refractivity contribution in [3.8, 4) is 17.2 Å². The van der Waals surface area contributed by atoms with Gasteiger partial charge in [0.15, 0.2) is 45.7 Å². The normalized spacial score (nSPS) is 24.2. The van der Waals surface area contributed by atoms with Crippen LogP contribution in [0.2, 0.25) is 0 Å². The van der Waals surface area contributed by atoms with Crippen LogP contribution in [0.5, 0.6) is 17.2 Å². The van der Waals surface area contributed by atoms with E-state index in [2.05, 4.69) is 27.6 Å². The molecule has 4 atom stereocenters. The zero-order valence-corrected chi connectivity index (χ0v) is 21.7. The average molecular weight is 534 g/mol. The number of methoxy groups -OCH3 is 3. The van der Waals surface area contributed by atoms with Crippen LogP contribution in [-0.2, 0) is 18.9 Å². The summed E-state index contributed by atoms with van der Waals surface area (Å²) in [6.45, 7) is 3.49. The van der Waals surface area contributed by atoms with Gasteiger partial charge in [0, 0.05) is 0 Å². The quantitative estimate of drug-likeness (QED) is 0.337. The number of anilines is 1. The Morgan fingerprint density at radius 3 is 2.43 bits per heavy atom. The number of ether oxygens (including phenoxy) is 7. The summed E-state index contributed by atoms with van der Waals surface area (Å²) in [6.07, 6.45) is -1.14. The van der Waals surface area contributed by atoms with Crippen molar-refractivity contribution in [2.75, 3.05) is 33.7 Å². The number of thiol groups is 1. The summed E-state index contributed by atoms with van der Waals surface area (Å²) in [5, 5.41) is 0.314. The Bertz CT molecular complexity index is 1320. The van der Waals surface area contributed by atoms with Crippen LogP contribution < -0.4 is 19.9 Å². The molecule has 0 amide bonds. The molecule has 4 heterocycles. The molecule has 3 aromatic rings. The number of carbonyl (C=O) groups excluding carboxylic acids is 1. The molecule has 14 heteroatoms. The first-order valence-corrected chi connectivity index (χ1v) is 11.8. The van der Waals surface area contributed by atoms with E-state index in [1.807, 2.05) is 0 Å². The minimum Gasteiger partial charge on any atom is -0.493 e. The number of fused-ring (bicyclic) bond motifs is 2. The number of esters is 1. The average Bonchev–Trinajstić information content (AvgIpc) is 3.49. The van der Waals surface area contributed by atoms with E-state index in [1.54, 1.807) is 18.4 Å². The SMILES string of the molecule is COc1cc(C(=O)OC[C@H]2O[C@@H](n3c(S)nc4c(N)ncnc43)[C@@H]3OC(C)(C)O[C@@H]32)cc(OC)c1OC. The monoisotopic (exact) mass is 533 g/mol. The first kappa shape index (κ1) is 25.3. The lowest BCUT2D eigenvalue weighted by atomic mass is 10.1. The molecule has 2 saturated heterocycles. The van der Waals surface area contributed by atoms with Crippen LogP contribution in [0.1, 0.15) is 30.4 Å². The summed E-state index contributed by atoms with van der Waals surface area (Å²) in [5.41, 5.74) is 7.01. The van der Waals surface area contributed by atoms with Crippen LogP contribution in [0.3, 0.4) is 0 Å². The largest absolute Gasteiger partial charge is 0.493 e. The van der Waals surface area contributed by atoms with Gasteiger partial charge in [-0.15, -0.1) is 12.6 Å². The van der Waals surface area contributed by atoms with Gasteiger partial charge >= 0.3 is 5.97 Å². The number of nitrogen functional groups attached to an aromatic ring is 1. The summed E-state index contributed by atoms with van der Waals surface area (Å²) in [5.74, 6) is -0.260. The molecule has 2 aromatic heterocycles. The molecule has 37 heavy (non-hydrogen) atoms. The number of nitrogens with two attached hydrogens (primary N) is 1. The zero-order chi connectivity index (χ0) is 26.5. The Morgan fingerprint density at radius 2 is 1.78 bits per heavy atom. The van der Waals surface area contributed by atoms with Crippen LogP contribution >= 0.6 is 12.6 Å². The Morgan fingerprint density at radius 1 is 1.11 bits per heavy atom. The number of nitrogens with zero attached hydrogens (tertiary/aromatic N) is 4. The molecule has 0 radical (unpaired) electrons. The first-order valence-electron chi connectivity index (χ1n) is 11.3. The van der Waals surface area contributed by atoms with Crippen molar-refractivity contribution < 1.29 is 38.0 Å². The number of hydrogen-bond donors (Lipinski definition) is 2. The fourth-order valence-corrected chi connectivity index (χ4v) is 4.90. The smallest absolute Gasteiger partial charge is 0.338 e.